The van der Waals surface area contributed by atoms with Crippen LogP contribution in [0.4, 0.5) is 5.69 Å². The maximum atomic E-state index is 13.1. The number of fused-ring (bicyclic) bond motifs is 3. The number of likely N-dealkylation sites (N-methyl/N-ethyl adjacent to an activating group) is 1. The van der Waals surface area contributed by atoms with Crippen molar-refractivity contribution in [2.24, 2.45) is 0 Å². The molecule has 2 aliphatic rings. The number of benzene rings is 2. The number of piperazine rings is 1. The highest BCUT2D eigenvalue weighted by Crippen LogP contribution is 2.25. The summed E-state index contributed by atoms with van der Waals surface area (Å²) in [5.74, 6) is 0.762. The van der Waals surface area contributed by atoms with E-state index in [0.29, 0.717) is 37.4 Å². The van der Waals surface area contributed by atoms with Gasteiger partial charge >= 0.3 is 0 Å². The molecule has 0 aliphatic carbocycles. The molecule has 9 heteroatoms. The maximum Gasteiger partial charge on any atom is 0.255 e. The summed E-state index contributed by atoms with van der Waals surface area (Å²) in [6, 6.07) is 12.0. The van der Waals surface area contributed by atoms with Crippen molar-refractivity contribution in [3.05, 3.63) is 53.9 Å². The Balaban J connectivity index is 1.35. The van der Waals surface area contributed by atoms with Crippen molar-refractivity contribution in [3.8, 4) is 0 Å². The molecule has 1 fully saturated rings. The number of carbonyl (C=O) groups excluding carboxylic acids is 1. The van der Waals surface area contributed by atoms with E-state index in [4.69, 9.17) is 4.98 Å². The Morgan fingerprint density at radius 3 is 2.61 bits per heavy atom. The van der Waals surface area contributed by atoms with Crippen molar-refractivity contribution in [1.29, 1.82) is 0 Å². The van der Waals surface area contributed by atoms with Crippen molar-refractivity contribution in [3.63, 3.8) is 0 Å². The number of rotatable bonds is 4. The number of aromatic nitrogens is 2. The first-order valence-electron chi connectivity index (χ1n) is 11.5. The standard InChI is InChI=1S/C24H29N5O3S/c1-27-12-14-28(15-13-27)33(31,32)20-7-5-6-18(16-20)24(30)25-19-9-10-22-21(17-19)26-23-8-3-2-4-11-29(22)23/h5-7,9-10,16-17H,2-4,8,11-15H2,1H3,(H,25,30). The summed E-state index contributed by atoms with van der Waals surface area (Å²) in [5, 5.41) is 2.90. The van der Waals surface area contributed by atoms with Gasteiger partial charge < -0.3 is 14.8 Å². The molecule has 33 heavy (non-hydrogen) atoms. The number of sulfonamides is 1. The fourth-order valence-corrected chi connectivity index (χ4v) is 6.07. The number of amides is 1. The average molecular weight is 468 g/mol. The monoisotopic (exact) mass is 467 g/mol. The molecule has 1 saturated heterocycles. The summed E-state index contributed by atoms with van der Waals surface area (Å²) in [7, 11) is -1.66. The van der Waals surface area contributed by atoms with E-state index in [1.165, 1.54) is 16.8 Å². The molecule has 174 valence electrons. The zero-order valence-electron chi connectivity index (χ0n) is 18.8. The van der Waals surface area contributed by atoms with Crippen LogP contribution >= 0.6 is 0 Å². The minimum absolute atomic E-state index is 0.146. The van der Waals surface area contributed by atoms with Gasteiger partial charge in [0.1, 0.15) is 5.82 Å². The Hall–Kier alpha value is -2.75. The first-order valence-corrected chi connectivity index (χ1v) is 12.9. The molecule has 0 saturated carbocycles. The number of carbonyl (C=O) groups is 1. The molecule has 1 aromatic heterocycles. The number of nitrogens with one attached hydrogen (secondary N) is 1. The second-order valence-electron chi connectivity index (χ2n) is 8.88. The fourth-order valence-electron chi connectivity index (χ4n) is 4.61. The van der Waals surface area contributed by atoms with E-state index >= 15 is 0 Å². The number of hydrogen-bond acceptors (Lipinski definition) is 5. The Labute approximate surface area is 194 Å². The van der Waals surface area contributed by atoms with Crippen molar-refractivity contribution >= 4 is 32.7 Å². The molecular weight excluding hydrogens is 438 g/mol. The van der Waals surface area contributed by atoms with Gasteiger partial charge in [-0.3, -0.25) is 4.79 Å². The summed E-state index contributed by atoms with van der Waals surface area (Å²) < 4.78 is 29.9. The normalized spacial score (nSPS) is 18.1. The predicted molar refractivity (Wildman–Crippen MR) is 128 cm³/mol. The van der Waals surface area contributed by atoms with Crippen LogP contribution in [-0.2, 0) is 23.0 Å². The SMILES string of the molecule is CN1CCN(S(=O)(=O)c2cccc(C(=O)Nc3ccc4c(c3)nc3n4CCCCC3)c2)CC1. The van der Waals surface area contributed by atoms with Gasteiger partial charge in [0.25, 0.3) is 5.91 Å². The van der Waals surface area contributed by atoms with Gasteiger partial charge in [-0.1, -0.05) is 12.5 Å². The van der Waals surface area contributed by atoms with E-state index in [9.17, 15) is 13.2 Å². The summed E-state index contributed by atoms with van der Waals surface area (Å²) in [6.45, 7) is 3.26. The minimum atomic E-state index is -3.63. The van der Waals surface area contributed by atoms with Crippen LogP contribution in [0, 0.1) is 0 Å². The van der Waals surface area contributed by atoms with Gasteiger partial charge in [0.2, 0.25) is 10.0 Å². The van der Waals surface area contributed by atoms with Crippen molar-refractivity contribution in [2.45, 2.75) is 37.1 Å². The van der Waals surface area contributed by atoms with Gasteiger partial charge in [-0.2, -0.15) is 4.31 Å². The van der Waals surface area contributed by atoms with Gasteiger partial charge in [-0.25, -0.2) is 13.4 Å². The first kappa shape index (κ1) is 22.1. The molecule has 1 N–H and O–H groups in total. The van der Waals surface area contributed by atoms with Crippen LogP contribution in [-0.4, -0.2) is 66.3 Å². The molecule has 8 nitrogen and oxygen atoms in total. The lowest BCUT2D eigenvalue weighted by molar-refractivity contribution is 0.102. The number of nitrogens with zero attached hydrogens (tertiary/aromatic N) is 4. The Morgan fingerprint density at radius 1 is 0.970 bits per heavy atom. The molecule has 2 aromatic carbocycles. The maximum absolute atomic E-state index is 13.1. The average Bonchev–Trinajstić information content (AvgIpc) is 2.99. The lowest BCUT2D eigenvalue weighted by Gasteiger charge is -2.31. The molecule has 0 radical (unpaired) electrons. The van der Waals surface area contributed by atoms with Gasteiger partial charge in [0.05, 0.1) is 15.9 Å². The van der Waals surface area contributed by atoms with E-state index in [1.807, 2.05) is 25.2 Å². The van der Waals surface area contributed by atoms with E-state index in [-0.39, 0.29) is 10.8 Å². The molecule has 0 unspecified atom stereocenters. The van der Waals surface area contributed by atoms with Crippen LogP contribution < -0.4 is 5.32 Å². The van der Waals surface area contributed by atoms with E-state index < -0.39 is 10.0 Å². The summed E-state index contributed by atoms with van der Waals surface area (Å²) in [4.78, 5) is 20.0. The molecule has 0 bridgehead atoms. The van der Waals surface area contributed by atoms with Gasteiger partial charge in [-0.05, 0) is 56.3 Å². The topological polar surface area (TPSA) is 87.5 Å². The van der Waals surface area contributed by atoms with Gasteiger partial charge in [0.15, 0.2) is 0 Å². The number of aryl methyl sites for hydroxylation is 2. The molecule has 0 atom stereocenters. The molecule has 3 heterocycles. The largest absolute Gasteiger partial charge is 0.328 e. The Kier molecular flexibility index (Phi) is 5.94. The first-order chi connectivity index (χ1) is 15.9. The second kappa shape index (κ2) is 8.89. The van der Waals surface area contributed by atoms with E-state index in [2.05, 4.69) is 14.8 Å². The van der Waals surface area contributed by atoms with Crippen molar-refractivity contribution in [2.75, 3.05) is 38.5 Å². The minimum Gasteiger partial charge on any atom is -0.328 e. The van der Waals surface area contributed by atoms with Crippen molar-refractivity contribution < 1.29 is 13.2 Å². The van der Waals surface area contributed by atoms with Crippen LogP contribution in [0.3, 0.4) is 0 Å². The summed E-state index contributed by atoms with van der Waals surface area (Å²) in [6.07, 6.45) is 4.51. The highest BCUT2D eigenvalue weighted by Gasteiger charge is 2.28. The van der Waals surface area contributed by atoms with E-state index in [0.717, 1.165) is 42.7 Å². The lowest BCUT2D eigenvalue weighted by Crippen LogP contribution is -2.47. The second-order valence-corrected chi connectivity index (χ2v) is 10.8. The third-order valence-corrected chi connectivity index (χ3v) is 8.46. The van der Waals surface area contributed by atoms with Crippen LogP contribution in [0.2, 0.25) is 0 Å². The number of imidazole rings is 1. The number of hydrogen-bond donors (Lipinski definition) is 1. The zero-order valence-corrected chi connectivity index (χ0v) is 19.6. The quantitative estimate of drug-likeness (QED) is 0.638. The highest BCUT2D eigenvalue weighted by molar-refractivity contribution is 7.89. The van der Waals surface area contributed by atoms with Crippen LogP contribution in [0.25, 0.3) is 11.0 Å². The fraction of sp³-hybridized carbons (Fsp3) is 0.417. The van der Waals surface area contributed by atoms with Crippen LogP contribution in [0.5, 0.6) is 0 Å². The van der Waals surface area contributed by atoms with Crippen LogP contribution in [0.1, 0.15) is 35.4 Å². The summed E-state index contributed by atoms with van der Waals surface area (Å²) in [5.41, 5.74) is 2.92. The van der Waals surface area contributed by atoms with E-state index in [1.54, 1.807) is 18.2 Å². The van der Waals surface area contributed by atoms with Gasteiger partial charge in [-0.15, -0.1) is 0 Å². The van der Waals surface area contributed by atoms with Gasteiger partial charge in [0, 0.05) is 50.4 Å². The molecule has 0 spiro atoms. The highest BCUT2D eigenvalue weighted by atomic mass is 32.2. The number of anilines is 1. The molecule has 5 rings (SSSR count). The smallest absolute Gasteiger partial charge is 0.255 e. The third-order valence-electron chi connectivity index (χ3n) is 6.56. The third kappa shape index (κ3) is 4.40. The lowest BCUT2D eigenvalue weighted by atomic mass is 10.2. The molecular formula is C24H29N5O3S. The Bertz CT molecular complexity index is 1290. The van der Waals surface area contributed by atoms with Crippen molar-refractivity contribution in [1.82, 2.24) is 18.8 Å². The Morgan fingerprint density at radius 2 is 1.79 bits per heavy atom. The zero-order chi connectivity index (χ0) is 23.0. The predicted octanol–water partition coefficient (Wildman–Crippen LogP) is 2.95. The molecule has 1 amide bonds. The molecule has 3 aromatic rings. The molecule has 2 aliphatic heterocycles. The van der Waals surface area contributed by atoms with Crippen LogP contribution in [0.15, 0.2) is 47.4 Å². The summed E-state index contributed by atoms with van der Waals surface area (Å²) >= 11 is 0.